The van der Waals surface area contributed by atoms with E-state index in [-0.39, 0.29) is 11.5 Å². The Kier molecular flexibility index (Phi) is 3.23. The van der Waals surface area contributed by atoms with Crippen molar-refractivity contribution < 1.29 is 4.79 Å². The highest BCUT2D eigenvalue weighted by Gasteiger charge is 2.13. The molecule has 0 radical (unpaired) electrons. The number of amides is 1. The Morgan fingerprint density at radius 1 is 1.14 bits per heavy atom. The number of aromatic nitrogens is 2. The number of pyridine rings is 2. The van der Waals surface area contributed by atoms with Gasteiger partial charge in [-0.25, -0.2) is 4.98 Å². The Balaban J connectivity index is 2.06. The summed E-state index contributed by atoms with van der Waals surface area (Å²) in [5.41, 5.74) is 0.101. The Labute approximate surface area is 120 Å². The molecule has 2 aromatic heterocycles. The Bertz CT molecular complexity index is 870. The fourth-order valence-corrected chi connectivity index (χ4v) is 2.19. The largest absolute Gasteiger partial charge is 0.307 e. The summed E-state index contributed by atoms with van der Waals surface area (Å²) >= 11 is 0. The molecule has 5 nitrogen and oxygen atoms in total. The van der Waals surface area contributed by atoms with Gasteiger partial charge in [0.2, 0.25) is 0 Å². The standard InChI is InChI=1S/C16H13N3O2/c1-19-13(15(20)18-14-8-4-5-9-17-14)10-11-6-2-3-7-12(11)16(19)21/h2-10H,1H3,(H,17,18,20). The molecule has 5 heteroatoms. The monoisotopic (exact) mass is 279 g/mol. The molecule has 3 rings (SSSR count). The number of hydrogen-bond donors (Lipinski definition) is 1. The van der Waals surface area contributed by atoms with Crippen molar-refractivity contribution in [3.63, 3.8) is 0 Å². The highest BCUT2D eigenvalue weighted by molar-refractivity contribution is 6.04. The van der Waals surface area contributed by atoms with Crippen molar-refractivity contribution in [3.8, 4) is 0 Å². The van der Waals surface area contributed by atoms with Gasteiger partial charge in [0.1, 0.15) is 11.5 Å². The minimum atomic E-state index is -0.362. The number of rotatable bonds is 2. The molecule has 21 heavy (non-hydrogen) atoms. The van der Waals surface area contributed by atoms with Crippen LogP contribution in [0.2, 0.25) is 0 Å². The van der Waals surface area contributed by atoms with Crippen LogP contribution >= 0.6 is 0 Å². The van der Waals surface area contributed by atoms with Crippen LogP contribution in [-0.2, 0) is 7.05 Å². The van der Waals surface area contributed by atoms with Crippen LogP contribution in [0.5, 0.6) is 0 Å². The molecule has 2 heterocycles. The molecule has 0 unspecified atom stereocenters. The maximum Gasteiger partial charge on any atom is 0.273 e. The molecule has 0 spiro atoms. The quantitative estimate of drug-likeness (QED) is 0.782. The van der Waals surface area contributed by atoms with Crippen molar-refractivity contribution in [3.05, 3.63) is 70.8 Å². The van der Waals surface area contributed by atoms with Crippen LogP contribution < -0.4 is 10.9 Å². The summed E-state index contributed by atoms with van der Waals surface area (Å²) in [6.07, 6.45) is 1.59. The van der Waals surface area contributed by atoms with Gasteiger partial charge in [-0.15, -0.1) is 0 Å². The van der Waals surface area contributed by atoms with Crippen molar-refractivity contribution in [1.82, 2.24) is 9.55 Å². The minimum absolute atomic E-state index is 0.195. The molecule has 1 amide bonds. The van der Waals surface area contributed by atoms with Crippen molar-refractivity contribution >= 4 is 22.5 Å². The average molecular weight is 279 g/mol. The van der Waals surface area contributed by atoms with Crippen LogP contribution in [-0.4, -0.2) is 15.5 Å². The van der Waals surface area contributed by atoms with Crippen molar-refractivity contribution in [1.29, 1.82) is 0 Å². The predicted molar refractivity (Wildman–Crippen MR) is 81.4 cm³/mol. The van der Waals surface area contributed by atoms with E-state index in [1.54, 1.807) is 49.6 Å². The minimum Gasteiger partial charge on any atom is -0.307 e. The van der Waals surface area contributed by atoms with Gasteiger partial charge >= 0.3 is 0 Å². The lowest BCUT2D eigenvalue weighted by atomic mass is 10.1. The van der Waals surface area contributed by atoms with Crippen LogP contribution in [0.1, 0.15) is 10.5 Å². The summed E-state index contributed by atoms with van der Waals surface area (Å²) in [5.74, 6) is 0.0853. The van der Waals surface area contributed by atoms with E-state index in [0.717, 1.165) is 5.39 Å². The zero-order valence-electron chi connectivity index (χ0n) is 11.4. The molecule has 0 fully saturated rings. The van der Waals surface area contributed by atoms with Gasteiger partial charge in [-0.05, 0) is 29.7 Å². The van der Waals surface area contributed by atoms with Crippen LogP contribution in [0.3, 0.4) is 0 Å². The predicted octanol–water partition coefficient (Wildman–Crippen LogP) is 2.19. The molecule has 0 bridgehead atoms. The number of fused-ring (bicyclic) bond motifs is 1. The fourth-order valence-electron chi connectivity index (χ4n) is 2.19. The first-order valence-electron chi connectivity index (χ1n) is 6.48. The van der Waals surface area contributed by atoms with E-state index in [1.165, 1.54) is 4.57 Å². The molecule has 0 saturated heterocycles. The van der Waals surface area contributed by atoms with E-state index in [1.807, 2.05) is 12.1 Å². The number of benzene rings is 1. The van der Waals surface area contributed by atoms with E-state index in [9.17, 15) is 9.59 Å². The Morgan fingerprint density at radius 3 is 2.67 bits per heavy atom. The SMILES string of the molecule is Cn1c(C(=O)Nc2ccccn2)cc2ccccc2c1=O. The lowest BCUT2D eigenvalue weighted by molar-refractivity contribution is 0.101. The lowest BCUT2D eigenvalue weighted by Crippen LogP contribution is -2.26. The van der Waals surface area contributed by atoms with Crippen molar-refractivity contribution in [2.24, 2.45) is 7.05 Å². The van der Waals surface area contributed by atoms with Crippen molar-refractivity contribution in [2.75, 3.05) is 5.32 Å². The second kappa shape index (κ2) is 5.20. The topological polar surface area (TPSA) is 64.0 Å². The smallest absolute Gasteiger partial charge is 0.273 e. The highest BCUT2D eigenvalue weighted by atomic mass is 16.2. The fraction of sp³-hybridized carbons (Fsp3) is 0.0625. The molecule has 0 saturated carbocycles. The molecule has 0 atom stereocenters. The highest BCUT2D eigenvalue weighted by Crippen LogP contribution is 2.12. The number of hydrogen-bond acceptors (Lipinski definition) is 3. The van der Waals surface area contributed by atoms with E-state index >= 15 is 0 Å². The Morgan fingerprint density at radius 2 is 1.90 bits per heavy atom. The summed E-state index contributed by atoms with van der Waals surface area (Å²) in [6.45, 7) is 0. The molecule has 1 aromatic carbocycles. The number of nitrogens with one attached hydrogen (secondary N) is 1. The number of anilines is 1. The maximum absolute atomic E-state index is 12.3. The summed E-state index contributed by atoms with van der Waals surface area (Å²) in [5, 5.41) is 4.02. The van der Waals surface area contributed by atoms with Crippen LogP contribution in [0, 0.1) is 0 Å². The second-order valence-corrected chi connectivity index (χ2v) is 4.65. The first-order chi connectivity index (χ1) is 10.2. The van der Waals surface area contributed by atoms with Gasteiger partial charge < -0.3 is 9.88 Å². The third kappa shape index (κ3) is 2.41. The normalized spacial score (nSPS) is 10.5. The molecule has 1 N–H and O–H groups in total. The van der Waals surface area contributed by atoms with Gasteiger partial charge in [0.05, 0.1) is 0 Å². The zero-order chi connectivity index (χ0) is 14.8. The first-order valence-corrected chi connectivity index (χ1v) is 6.48. The second-order valence-electron chi connectivity index (χ2n) is 4.65. The van der Waals surface area contributed by atoms with E-state index in [2.05, 4.69) is 10.3 Å². The van der Waals surface area contributed by atoms with E-state index in [0.29, 0.717) is 16.9 Å². The van der Waals surface area contributed by atoms with E-state index in [4.69, 9.17) is 0 Å². The van der Waals surface area contributed by atoms with Crippen LogP contribution in [0.15, 0.2) is 59.5 Å². The summed E-state index contributed by atoms with van der Waals surface area (Å²) in [4.78, 5) is 28.6. The molecule has 0 aliphatic heterocycles. The molecular formula is C16H13N3O2. The molecule has 104 valence electrons. The van der Waals surface area contributed by atoms with Crippen LogP contribution in [0.4, 0.5) is 5.82 Å². The molecule has 0 aliphatic carbocycles. The van der Waals surface area contributed by atoms with Crippen LogP contribution in [0.25, 0.3) is 10.8 Å². The molecular weight excluding hydrogens is 266 g/mol. The maximum atomic E-state index is 12.3. The first kappa shape index (κ1) is 13.1. The van der Waals surface area contributed by atoms with Gasteiger partial charge in [-0.2, -0.15) is 0 Å². The average Bonchev–Trinajstić information content (AvgIpc) is 2.52. The third-order valence-corrected chi connectivity index (χ3v) is 3.29. The number of carbonyl (C=O) groups is 1. The Hall–Kier alpha value is -2.95. The summed E-state index contributed by atoms with van der Waals surface area (Å²) in [7, 11) is 1.59. The number of carbonyl (C=O) groups excluding carboxylic acids is 1. The third-order valence-electron chi connectivity index (χ3n) is 3.29. The van der Waals surface area contributed by atoms with Gasteiger partial charge in [0.15, 0.2) is 0 Å². The van der Waals surface area contributed by atoms with Gasteiger partial charge in [-0.3, -0.25) is 9.59 Å². The summed E-state index contributed by atoms with van der Waals surface area (Å²) < 4.78 is 1.35. The van der Waals surface area contributed by atoms with Gasteiger partial charge in [0, 0.05) is 18.6 Å². The molecule has 3 aromatic rings. The van der Waals surface area contributed by atoms with Gasteiger partial charge in [0.25, 0.3) is 11.5 Å². The number of nitrogens with zero attached hydrogens (tertiary/aromatic N) is 2. The zero-order valence-corrected chi connectivity index (χ0v) is 11.4. The lowest BCUT2D eigenvalue weighted by Gasteiger charge is -2.10. The van der Waals surface area contributed by atoms with E-state index < -0.39 is 0 Å². The summed E-state index contributed by atoms with van der Waals surface area (Å²) in [6, 6.07) is 14.1. The van der Waals surface area contributed by atoms with Crippen molar-refractivity contribution in [2.45, 2.75) is 0 Å². The van der Waals surface area contributed by atoms with Gasteiger partial charge in [-0.1, -0.05) is 24.3 Å². The molecule has 0 aliphatic rings.